The molecule has 0 saturated carbocycles. The Labute approximate surface area is 105 Å². The van der Waals surface area contributed by atoms with Crippen LogP contribution >= 0.6 is 0 Å². The summed E-state index contributed by atoms with van der Waals surface area (Å²) in [5, 5.41) is 1.81. The van der Waals surface area contributed by atoms with Gasteiger partial charge in [-0.25, -0.2) is 0 Å². The summed E-state index contributed by atoms with van der Waals surface area (Å²) in [6.45, 7) is 17.6. The second-order valence-corrected chi connectivity index (χ2v) is 25.3. The fourth-order valence-electron chi connectivity index (χ4n) is 2.09. The SMILES string of the molecule is C/[Si](=C1/C=CC=CC1[Si](C)(C)C)[Si](C)(C)C. The van der Waals surface area contributed by atoms with Gasteiger partial charge in [0, 0.05) is 7.93 Å². The van der Waals surface area contributed by atoms with Crippen LogP contribution in [0, 0.1) is 0 Å². The van der Waals surface area contributed by atoms with Crippen LogP contribution in [-0.2, 0) is 0 Å². The predicted molar refractivity (Wildman–Crippen MR) is 85.3 cm³/mol. The van der Waals surface area contributed by atoms with Gasteiger partial charge in [-0.05, 0) is 5.54 Å². The highest BCUT2D eigenvalue weighted by molar-refractivity contribution is 7.33. The second-order valence-electron chi connectivity index (χ2n) is 6.92. The average Bonchev–Trinajstić information content (AvgIpc) is 2.14. The van der Waals surface area contributed by atoms with Crippen LogP contribution in [0.5, 0.6) is 0 Å². The van der Waals surface area contributed by atoms with Crippen molar-refractivity contribution in [3.8, 4) is 0 Å². The molecule has 0 aromatic carbocycles. The van der Waals surface area contributed by atoms with E-state index in [1.807, 2.05) is 5.17 Å². The zero-order chi connectivity index (χ0) is 12.6. The molecule has 1 atom stereocenters. The summed E-state index contributed by atoms with van der Waals surface area (Å²) in [6.07, 6.45) is 9.41. The molecule has 0 aliphatic heterocycles. The maximum atomic E-state index is 2.54. The van der Waals surface area contributed by atoms with Gasteiger partial charge in [-0.1, -0.05) is 75.3 Å². The van der Waals surface area contributed by atoms with Crippen LogP contribution in [0.3, 0.4) is 0 Å². The van der Waals surface area contributed by atoms with Crippen molar-refractivity contribution in [3.63, 3.8) is 0 Å². The highest BCUT2D eigenvalue weighted by Gasteiger charge is 2.31. The van der Waals surface area contributed by atoms with Gasteiger partial charge in [0.25, 0.3) is 0 Å². The van der Waals surface area contributed by atoms with Gasteiger partial charge in [0.2, 0.25) is 0 Å². The Kier molecular flexibility index (Phi) is 4.13. The van der Waals surface area contributed by atoms with E-state index < -0.39 is 15.7 Å². The Morgan fingerprint density at radius 3 is 2.00 bits per heavy atom. The summed E-state index contributed by atoms with van der Waals surface area (Å²) in [5.41, 5.74) is 0.795. The van der Waals surface area contributed by atoms with Crippen LogP contribution in [0.1, 0.15) is 0 Å². The van der Waals surface area contributed by atoms with Gasteiger partial charge >= 0.3 is 0 Å². The number of hydrogen-bond acceptors (Lipinski definition) is 0. The van der Waals surface area contributed by atoms with Crippen molar-refractivity contribution in [3.05, 3.63) is 24.3 Å². The van der Waals surface area contributed by atoms with Crippen LogP contribution in [-0.4, -0.2) is 28.8 Å². The van der Waals surface area contributed by atoms with Crippen molar-refractivity contribution in [1.29, 1.82) is 0 Å². The fourth-order valence-corrected chi connectivity index (χ4v) is 11.3. The van der Waals surface area contributed by atoms with Gasteiger partial charge < -0.3 is 0 Å². The first-order valence-electron chi connectivity index (χ1n) is 6.20. The second kappa shape index (κ2) is 4.70. The monoisotopic (exact) mass is 266 g/mol. The van der Waals surface area contributed by atoms with Gasteiger partial charge in [-0.3, -0.25) is 0 Å². The fraction of sp³-hybridized carbons (Fsp3) is 0.615. The average molecular weight is 267 g/mol. The summed E-state index contributed by atoms with van der Waals surface area (Å²) in [6, 6.07) is 0. The molecule has 0 N–H and O–H groups in total. The van der Waals surface area contributed by atoms with Crippen molar-refractivity contribution >= 4 is 28.8 Å². The molecule has 0 nitrogen and oxygen atoms in total. The maximum absolute atomic E-state index is 2.54. The number of hydrogen-bond donors (Lipinski definition) is 0. The van der Waals surface area contributed by atoms with Gasteiger partial charge in [0.1, 0.15) is 0 Å². The maximum Gasteiger partial charge on any atom is 0.0560 e. The van der Waals surface area contributed by atoms with Crippen molar-refractivity contribution in [2.24, 2.45) is 0 Å². The van der Waals surface area contributed by atoms with E-state index in [4.69, 9.17) is 0 Å². The first-order chi connectivity index (χ1) is 7.14. The van der Waals surface area contributed by atoms with E-state index in [9.17, 15) is 0 Å². The lowest BCUT2D eigenvalue weighted by molar-refractivity contribution is 1.34. The van der Waals surface area contributed by atoms with E-state index in [0.29, 0.717) is 0 Å². The third-order valence-electron chi connectivity index (χ3n) is 3.52. The van der Waals surface area contributed by atoms with Gasteiger partial charge in [-0.2, -0.15) is 0 Å². The van der Waals surface area contributed by atoms with Crippen LogP contribution in [0.2, 0.25) is 51.4 Å². The molecule has 3 heteroatoms. The summed E-state index contributed by atoms with van der Waals surface area (Å²) in [7, 11) is -2.34. The lowest BCUT2D eigenvalue weighted by Crippen LogP contribution is -2.44. The molecule has 0 heterocycles. The molecule has 1 unspecified atom stereocenters. The molecule has 0 amide bonds. The molecule has 0 fully saturated rings. The minimum Gasteiger partial charge on any atom is -0.0802 e. The Morgan fingerprint density at radius 1 is 1.00 bits per heavy atom. The lowest BCUT2D eigenvalue weighted by Gasteiger charge is -2.33. The van der Waals surface area contributed by atoms with Crippen LogP contribution in [0.4, 0.5) is 0 Å². The summed E-state index contributed by atoms with van der Waals surface area (Å²) in [5.74, 6) is 0. The highest BCUT2D eigenvalue weighted by Crippen LogP contribution is 2.28. The molecule has 90 valence electrons. The van der Waals surface area contributed by atoms with Crippen LogP contribution < -0.4 is 0 Å². The molecule has 1 aliphatic carbocycles. The van der Waals surface area contributed by atoms with E-state index >= 15 is 0 Å². The third kappa shape index (κ3) is 3.25. The topological polar surface area (TPSA) is 0 Å². The Hall–Kier alpha value is 0.000649. The van der Waals surface area contributed by atoms with Crippen LogP contribution in [0.15, 0.2) is 24.3 Å². The molecule has 16 heavy (non-hydrogen) atoms. The molecular weight excluding hydrogens is 240 g/mol. The minimum atomic E-state index is -1.09. The summed E-state index contributed by atoms with van der Waals surface area (Å²) < 4.78 is 0. The van der Waals surface area contributed by atoms with E-state index in [2.05, 4.69) is 70.1 Å². The van der Waals surface area contributed by atoms with E-state index in [1.54, 1.807) is 0 Å². The van der Waals surface area contributed by atoms with E-state index in [-0.39, 0.29) is 7.93 Å². The summed E-state index contributed by atoms with van der Waals surface area (Å²) >= 11 is 0. The standard InChI is InChI=1S/C13H26Si3/c1-14(16(5,6)7)12-10-8-9-11-13(12)15(2,3)4/h8-11,13H,1-7H3/b14-12+. The van der Waals surface area contributed by atoms with Crippen LogP contribution in [0.25, 0.3) is 0 Å². The number of allylic oxidation sites excluding steroid dienone is 4. The Balaban J connectivity index is 3.21. The largest absolute Gasteiger partial charge is 0.0802 e. The molecule has 0 bridgehead atoms. The predicted octanol–water partition coefficient (Wildman–Crippen LogP) is 4.12. The van der Waals surface area contributed by atoms with Gasteiger partial charge in [0.15, 0.2) is 0 Å². The summed E-state index contributed by atoms with van der Waals surface area (Å²) in [4.78, 5) is 0. The van der Waals surface area contributed by atoms with E-state index in [1.165, 1.54) is 0 Å². The van der Waals surface area contributed by atoms with Crippen molar-refractivity contribution < 1.29 is 0 Å². The molecule has 0 aromatic rings. The normalized spacial score (nSPS) is 24.8. The third-order valence-corrected chi connectivity index (χ3v) is 17.4. The molecule has 1 aliphatic rings. The Morgan fingerprint density at radius 2 is 1.56 bits per heavy atom. The zero-order valence-corrected chi connectivity index (χ0v) is 14.9. The molecule has 0 saturated heterocycles. The smallest absolute Gasteiger partial charge is 0.0560 e. The quantitative estimate of drug-likeness (QED) is 0.660. The molecular formula is C13H26Si3. The molecule has 0 spiro atoms. The van der Waals surface area contributed by atoms with Crippen molar-refractivity contribution in [1.82, 2.24) is 0 Å². The van der Waals surface area contributed by atoms with Gasteiger partial charge in [0.05, 0.1) is 15.7 Å². The first kappa shape index (κ1) is 14.1. The minimum absolute atomic E-state index is 0.284. The van der Waals surface area contributed by atoms with Crippen molar-refractivity contribution in [2.75, 3.05) is 0 Å². The molecule has 0 radical (unpaired) electrons. The van der Waals surface area contributed by atoms with Gasteiger partial charge in [-0.15, -0.1) is 0 Å². The zero-order valence-electron chi connectivity index (χ0n) is 11.9. The number of rotatable bonds is 2. The molecule has 0 aromatic heterocycles. The van der Waals surface area contributed by atoms with Crippen molar-refractivity contribution in [2.45, 2.75) is 51.4 Å². The Bertz CT molecular complexity index is 348. The first-order valence-corrected chi connectivity index (χ1v) is 16.3. The van der Waals surface area contributed by atoms with E-state index in [0.717, 1.165) is 5.54 Å². The lowest BCUT2D eigenvalue weighted by atomic mass is 10.2. The molecule has 1 rings (SSSR count). The highest BCUT2D eigenvalue weighted by atomic mass is 29.2.